The van der Waals surface area contributed by atoms with Crippen LogP contribution in [0.2, 0.25) is 0 Å². The van der Waals surface area contributed by atoms with Crippen LogP contribution in [0.5, 0.6) is 0 Å². The average molecular weight is 395 g/mol. The smallest absolute Gasteiger partial charge is 0.423 e. The monoisotopic (exact) mass is 395 g/mol. The first-order valence-corrected chi connectivity index (χ1v) is 10.6. The molecule has 0 amide bonds. The minimum atomic E-state index is -3.69. The lowest BCUT2D eigenvalue weighted by Gasteiger charge is -2.31. The van der Waals surface area contributed by atoms with Gasteiger partial charge in [-0.15, -0.1) is 4.40 Å². The number of rotatable bonds is 1. The van der Waals surface area contributed by atoms with Gasteiger partial charge in [0.15, 0.2) is 5.84 Å². The summed E-state index contributed by atoms with van der Waals surface area (Å²) in [6, 6.07) is 12.6. The summed E-state index contributed by atoms with van der Waals surface area (Å²) in [6.45, 7) is 2.39. The molecule has 5 rings (SSSR count). The van der Waals surface area contributed by atoms with Crippen LogP contribution in [0.25, 0.3) is 0 Å². The molecule has 1 N–H and O–H groups in total. The lowest BCUT2D eigenvalue weighted by Crippen LogP contribution is -2.38. The Bertz CT molecular complexity index is 1150. The van der Waals surface area contributed by atoms with E-state index in [-0.39, 0.29) is 10.9 Å². The van der Waals surface area contributed by atoms with Crippen molar-refractivity contribution < 1.29 is 18.1 Å². The maximum absolute atomic E-state index is 12.4. The molecule has 2 aromatic carbocycles. The largest absolute Gasteiger partial charge is 0.491 e. The Morgan fingerprint density at radius 1 is 1.25 bits per heavy atom. The van der Waals surface area contributed by atoms with Gasteiger partial charge in [-0.3, -0.25) is 0 Å². The van der Waals surface area contributed by atoms with Crippen LogP contribution in [0, 0.1) is 0 Å². The fraction of sp³-hybridized carbons (Fsp3) is 0.263. The second-order valence-corrected chi connectivity index (χ2v) is 8.81. The first-order valence-electron chi connectivity index (χ1n) is 9.18. The molecular formula is C19H18BN3O4S. The fourth-order valence-electron chi connectivity index (χ4n) is 3.87. The molecule has 0 spiro atoms. The van der Waals surface area contributed by atoms with Crippen molar-refractivity contribution >= 4 is 34.2 Å². The molecule has 2 aromatic rings. The van der Waals surface area contributed by atoms with Crippen LogP contribution in [-0.2, 0) is 21.3 Å². The molecule has 0 saturated carbocycles. The molecule has 142 valence electrons. The predicted octanol–water partition coefficient (Wildman–Crippen LogP) is 1.24. The third-order valence-electron chi connectivity index (χ3n) is 5.41. The van der Waals surface area contributed by atoms with Crippen molar-refractivity contribution in [2.24, 2.45) is 9.50 Å². The molecule has 0 fully saturated rings. The molecule has 0 bridgehead atoms. The second kappa shape index (κ2) is 6.27. The van der Waals surface area contributed by atoms with Crippen LogP contribution in [0.15, 0.2) is 56.9 Å². The molecule has 7 nitrogen and oxygen atoms in total. The van der Waals surface area contributed by atoms with E-state index in [0.29, 0.717) is 18.0 Å². The molecule has 3 aliphatic heterocycles. The Balaban J connectivity index is 1.56. The third-order valence-corrected chi connectivity index (χ3v) is 6.74. The number of hydrogen-bond acceptors (Lipinski definition) is 6. The highest BCUT2D eigenvalue weighted by molar-refractivity contribution is 7.90. The van der Waals surface area contributed by atoms with E-state index >= 15 is 0 Å². The van der Waals surface area contributed by atoms with Crippen molar-refractivity contribution in [3.05, 3.63) is 59.2 Å². The fourth-order valence-corrected chi connectivity index (χ4v) is 5.06. The summed E-state index contributed by atoms with van der Waals surface area (Å²) in [5.74, 6) is 0.375. The van der Waals surface area contributed by atoms with E-state index in [9.17, 15) is 13.4 Å². The summed E-state index contributed by atoms with van der Waals surface area (Å²) in [5, 5.41) is 16.3. The number of sulfonamides is 1. The van der Waals surface area contributed by atoms with Crippen molar-refractivity contribution in [2.75, 3.05) is 0 Å². The van der Waals surface area contributed by atoms with Gasteiger partial charge in [-0.1, -0.05) is 24.3 Å². The second-order valence-electron chi connectivity index (χ2n) is 7.24. The van der Waals surface area contributed by atoms with Crippen LogP contribution in [0.4, 0.5) is 0 Å². The van der Waals surface area contributed by atoms with Crippen molar-refractivity contribution in [3.63, 3.8) is 0 Å². The minimum absolute atomic E-state index is 0.0310. The van der Waals surface area contributed by atoms with Crippen LogP contribution in [-0.4, -0.2) is 43.2 Å². The molecule has 0 aromatic heterocycles. The molecule has 9 heteroatoms. The maximum atomic E-state index is 12.4. The van der Waals surface area contributed by atoms with E-state index in [1.807, 2.05) is 25.1 Å². The molecule has 1 unspecified atom stereocenters. The van der Waals surface area contributed by atoms with Crippen molar-refractivity contribution in [3.8, 4) is 0 Å². The van der Waals surface area contributed by atoms with Gasteiger partial charge in [0.05, 0.1) is 18.4 Å². The van der Waals surface area contributed by atoms with Gasteiger partial charge in [-0.25, -0.2) is 5.01 Å². The number of fused-ring (bicyclic) bond motifs is 2. The molecule has 1 atom stereocenters. The van der Waals surface area contributed by atoms with Crippen LogP contribution < -0.4 is 5.46 Å². The van der Waals surface area contributed by atoms with E-state index in [2.05, 4.69) is 4.40 Å². The Labute approximate surface area is 163 Å². The highest BCUT2D eigenvalue weighted by atomic mass is 32.2. The van der Waals surface area contributed by atoms with Crippen molar-refractivity contribution in [2.45, 2.75) is 37.3 Å². The van der Waals surface area contributed by atoms with Gasteiger partial charge in [0.1, 0.15) is 4.90 Å². The Kier molecular flexibility index (Phi) is 3.94. The topological polar surface area (TPSA) is 91.6 Å². The molecule has 0 saturated heterocycles. The zero-order valence-electron chi connectivity index (χ0n) is 15.2. The SMILES string of the molecule is CC1CCC(c2ccc3c(c2)COB3O)=NN1C1=NS(=O)(=O)c2ccccc21. The number of hydrazone groups is 1. The zero-order chi connectivity index (χ0) is 19.5. The summed E-state index contributed by atoms with van der Waals surface area (Å²) in [7, 11) is -4.56. The Morgan fingerprint density at radius 2 is 2.07 bits per heavy atom. The zero-order valence-corrected chi connectivity index (χ0v) is 16.1. The van der Waals surface area contributed by atoms with Gasteiger partial charge in [0, 0.05) is 5.56 Å². The van der Waals surface area contributed by atoms with Crippen molar-refractivity contribution in [1.29, 1.82) is 0 Å². The van der Waals surface area contributed by atoms with E-state index in [1.54, 1.807) is 29.3 Å². The first-order chi connectivity index (χ1) is 13.4. The van der Waals surface area contributed by atoms with Gasteiger partial charge in [-0.2, -0.15) is 13.5 Å². The lowest BCUT2D eigenvalue weighted by molar-refractivity contribution is 0.275. The molecule has 28 heavy (non-hydrogen) atoms. The highest BCUT2D eigenvalue weighted by Gasteiger charge is 2.35. The summed E-state index contributed by atoms with van der Waals surface area (Å²) in [4.78, 5) is 0.225. The quantitative estimate of drug-likeness (QED) is 0.734. The standard InChI is InChI=1S/C19H18BN3O4S/c1-12-6-9-17(13-7-8-16-14(10-13)11-27-20(16)24)21-23(12)19-15-4-2-3-5-18(15)28(25,26)22-19/h2-5,7-8,10,12,24H,6,9,11H2,1H3. The van der Waals surface area contributed by atoms with Gasteiger partial charge in [-0.05, 0) is 54.6 Å². The minimum Gasteiger partial charge on any atom is -0.423 e. The Hall–Kier alpha value is -2.49. The van der Waals surface area contributed by atoms with E-state index in [4.69, 9.17) is 9.76 Å². The number of amidine groups is 1. The van der Waals surface area contributed by atoms with E-state index in [0.717, 1.165) is 35.1 Å². The summed E-state index contributed by atoms with van der Waals surface area (Å²) in [5.41, 5.74) is 4.13. The van der Waals surface area contributed by atoms with Crippen LogP contribution in [0.1, 0.15) is 36.5 Å². The first kappa shape index (κ1) is 17.6. The molecule has 3 heterocycles. The number of hydrogen-bond donors (Lipinski definition) is 1. The van der Waals surface area contributed by atoms with E-state index < -0.39 is 17.1 Å². The summed E-state index contributed by atoms with van der Waals surface area (Å²) < 4.78 is 34.1. The summed E-state index contributed by atoms with van der Waals surface area (Å²) >= 11 is 0. The summed E-state index contributed by atoms with van der Waals surface area (Å²) in [6.07, 6.45) is 1.61. The Morgan fingerprint density at radius 3 is 2.93 bits per heavy atom. The lowest BCUT2D eigenvalue weighted by atomic mass is 9.79. The average Bonchev–Trinajstić information content (AvgIpc) is 3.19. The van der Waals surface area contributed by atoms with Gasteiger partial charge in [0.25, 0.3) is 10.0 Å². The number of nitrogens with zero attached hydrogens (tertiary/aromatic N) is 3. The third kappa shape index (κ3) is 2.69. The van der Waals surface area contributed by atoms with Crippen LogP contribution in [0.3, 0.4) is 0 Å². The highest BCUT2D eigenvalue weighted by Crippen LogP contribution is 2.31. The molecule has 0 aliphatic carbocycles. The molecular weight excluding hydrogens is 377 g/mol. The molecule has 0 radical (unpaired) electrons. The predicted molar refractivity (Wildman–Crippen MR) is 106 cm³/mol. The van der Waals surface area contributed by atoms with E-state index in [1.165, 1.54) is 0 Å². The number of benzene rings is 2. The van der Waals surface area contributed by atoms with Crippen LogP contribution >= 0.6 is 0 Å². The van der Waals surface area contributed by atoms with Crippen molar-refractivity contribution in [1.82, 2.24) is 5.01 Å². The van der Waals surface area contributed by atoms with Gasteiger partial charge < -0.3 is 9.68 Å². The van der Waals surface area contributed by atoms with Gasteiger partial charge in [0.2, 0.25) is 0 Å². The normalized spacial score (nSPS) is 22.6. The van der Waals surface area contributed by atoms with Gasteiger partial charge >= 0.3 is 7.12 Å². The molecule has 3 aliphatic rings. The maximum Gasteiger partial charge on any atom is 0.491 e.